The number of carbonyl (C=O) groups is 3. The van der Waals surface area contributed by atoms with Crippen LogP contribution in [0.1, 0.15) is 50.6 Å². The Hall–Kier alpha value is -4.24. The van der Waals surface area contributed by atoms with Crippen LogP contribution in [0.5, 0.6) is 5.75 Å². The van der Waals surface area contributed by atoms with Crippen molar-refractivity contribution in [1.29, 1.82) is 0 Å². The number of carbonyl (C=O) groups excluding carboxylic acids is 3. The Morgan fingerprint density at radius 3 is 2.50 bits per heavy atom. The molecule has 1 saturated heterocycles. The Labute approximate surface area is 224 Å². The van der Waals surface area contributed by atoms with Crippen LogP contribution in [0, 0.1) is 13.8 Å². The topological polar surface area (TPSA) is 106 Å². The summed E-state index contributed by atoms with van der Waals surface area (Å²) in [6.45, 7) is 9.05. The van der Waals surface area contributed by atoms with Gasteiger partial charge in [-0.3, -0.25) is 14.5 Å². The summed E-state index contributed by atoms with van der Waals surface area (Å²) in [6.07, 6.45) is 2.27. The minimum absolute atomic E-state index is 0.0288. The second-order valence-corrected chi connectivity index (χ2v) is 9.72. The van der Waals surface area contributed by atoms with Crippen LogP contribution in [-0.4, -0.2) is 41.5 Å². The highest BCUT2D eigenvalue weighted by Crippen LogP contribution is 2.44. The summed E-state index contributed by atoms with van der Waals surface area (Å²) in [4.78, 5) is 45.3. The Balaban J connectivity index is 1.89. The fourth-order valence-electron chi connectivity index (χ4n) is 4.34. The number of methoxy groups -OCH3 is 1. The number of nitrogens with zero attached hydrogens (tertiary/aromatic N) is 2. The predicted molar refractivity (Wildman–Crippen MR) is 146 cm³/mol. The number of ether oxygens (including phenoxy) is 2. The quantitative estimate of drug-likeness (QED) is 0.138. The molecule has 2 aromatic carbocycles. The second-order valence-electron chi connectivity index (χ2n) is 8.75. The lowest BCUT2D eigenvalue weighted by Gasteiger charge is -2.23. The molecule has 0 aliphatic carbocycles. The van der Waals surface area contributed by atoms with Gasteiger partial charge in [-0.2, -0.15) is 0 Å². The van der Waals surface area contributed by atoms with Crippen LogP contribution in [0.2, 0.25) is 0 Å². The standard InChI is InChI=1S/C29H28N2O6S/c1-6-14-37-28(35)26-17(4)30-29(38-26)31-23(19-10-8-18(7-2)9-11-19)22(25(33)27(31)34)24(32)20-12-13-21(36-5)16(3)15-20/h6,8-13,15,23,32H,1,7,14H2,2-5H3/b24-22+/t23-/m1/s1. The molecular weight excluding hydrogens is 504 g/mol. The molecule has 1 fully saturated rings. The lowest BCUT2D eigenvalue weighted by Crippen LogP contribution is -2.29. The zero-order chi connectivity index (χ0) is 27.6. The van der Waals surface area contributed by atoms with Crippen molar-refractivity contribution in [3.8, 4) is 5.75 Å². The van der Waals surface area contributed by atoms with Gasteiger partial charge in [0.25, 0.3) is 5.78 Å². The average molecular weight is 533 g/mol. The summed E-state index contributed by atoms with van der Waals surface area (Å²) >= 11 is 0.956. The van der Waals surface area contributed by atoms with Crippen LogP contribution >= 0.6 is 11.3 Å². The van der Waals surface area contributed by atoms with E-state index < -0.39 is 23.7 Å². The largest absolute Gasteiger partial charge is 0.507 e. The molecule has 38 heavy (non-hydrogen) atoms. The Bertz CT molecular complexity index is 1450. The van der Waals surface area contributed by atoms with Gasteiger partial charge >= 0.3 is 11.9 Å². The highest BCUT2D eigenvalue weighted by Gasteiger charge is 2.48. The number of Topliss-reactive ketones (excluding diaryl/α,β-unsaturated/α-hetero) is 1. The molecule has 1 amide bonds. The molecule has 2 heterocycles. The number of amides is 1. The highest BCUT2D eigenvalue weighted by atomic mass is 32.1. The number of hydrogen-bond donors (Lipinski definition) is 1. The number of esters is 1. The van der Waals surface area contributed by atoms with Crippen molar-refractivity contribution in [3.05, 3.63) is 93.5 Å². The number of rotatable bonds is 8. The van der Waals surface area contributed by atoms with Crippen molar-refractivity contribution in [3.63, 3.8) is 0 Å². The van der Waals surface area contributed by atoms with Gasteiger partial charge in [0.05, 0.1) is 24.4 Å². The van der Waals surface area contributed by atoms with Crippen molar-refractivity contribution < 1.29 is 29.0 Å². The lowest BCUT2D eigenvalue weighted by atomic mass is 9.94. The molecule has 0 saturated carbocycles. The number of aryl methyl sites for hydroxylation is 3. The monoisotopic (exact) mass is 532 g/mol. The van der Waals surface area contributed by atoms with Crippen molar-refractivity contribution in [2.45, 2.75) is 33.2 Å². The van der Waals surface area contributed by atoms with Gasteiger partial charge in [-0.15, -0.1) is 0 Å². The summed E-state index contributed by atoms with van der Waals surface area (Å²) in [5.74, 6) is -1.96. The van der Waals surface area contributed by atoms with E-state index in [0.29, 0.717) is 22.6 Å². The molecule has 4 rings (SSSR count). The first-order valence-corrected chi connectivity index (χ1v) is 12.8. The molecule has 0 spiro atoms. The molecule has 1 aliphatic rings. The van der Waals surface area contributed by atoms with Crippen molar-refractivity contribution >= 4 is 39.9 Å². The minimum Gasteiger partial charge on any atom is -0.507 e. The number of anilines is 1. The molecule has 0 radical (unpaired) electrons. The minimum atomic E-state index is -0.953. The average Bonchev–Trinajstić information content (AvgIpc) is 3.43. The van der Waals surface area contributed by atoms with Crippen molar-refractivity contribution in [2.75, 3.05) is 18.6 Å². The van der Waals surface area contributed by atoms with Gasteiger partial charge in [-0.1, -0.05) is 55.2 Å². The van der Waals surface area contributed by atoms with Crippen LogP contribution in [0.3, 0.4) is 0 Å². The van der Waals surface area contributed by atoms with Gasteiger partial charge in [0.2, 0.25) is 0 Å². The molecular formula is C29H28N2O6S. The normalized spacial score (nSPS) is 16.5. The SMILES string of the molecule is C=CCOC(=O)c1sc(N2C(=O)C(=O)/C(=C(/O)c3ccc(OC)c(C)c3)[C@H]2c2ccc(CC)cc2)nc1C. The maximum Gasteiger partial charge on any atom is 0.350 e. The third-order valence-corrected chi connectivity index (χ3v) is 7.46. The van der Waals surface area contributed by atoms with Gasteiger partial charge in [-0.05, 0) is 55.2 Å². The number of aliphatic hydroxyl groups excluding tert-OH is 1. The maximum absolute atomic E-state index is 13.4. The van der Waals surface area contributed by atoms with Crippen LogP contribution < -0.4 is 9.64 Å². The molecule has 1 aliphatic heterocycles. The second kappa shape index (κ2) is 11.0. The summed E-state index contributed by atoms with van der Waals surface area (Å²) in [6, 6.07) is 11.6. The number of hydrogen-bond acceptors (Lipinski definition) is 8. The van der Waals surface area contributed by atoms with Crippen LogP contribution in [0.25, 0.3) is 5.76 Å². The van der Waals surface area contributed by atoms with E-state index in [1.54, 1.807) is 32.2 Å². The zero-order valence-electron chi connectivity index (χ0n) is 21.6. The molecule has 8 nitrogen and oxygen atoms in total. The fraction of sp³-hybridized carbons (Fsp3) is 0.241. The molecule has 1 N–H and O–H groups in total. The Kier molecular flexibility index (Phi) is 7.78. The van der Waals surface area contributed by atoms with E-state index >= 15 is 0 Å². The van der Waals surface area contributed by atoms with Gasteiger partial charge in [0, 0.05) is 5.56 Å². The van der Waals surface area contributed by atoms with E-state index in [9.17, 15) is 19.5 Å². The molecule has 9 heteroatoms. The van der Waals surface area contributed by atoms with Crippen molar-refractivity contribution in [1.82, 2.24) is 4.98 Å². The van der Waals surface area contributed by atoms with E-state index in [-0.39, 0.29) is 27.9 Å². The maximum atomic E-state index is 13.4. The van der Waals surface area contributed by atoms with E-state index in [1.807, 2.05) is 38.1 Å². The molecule has 1 aromatic heterocycles. The number of benzene rings is 2. The molecule has 1 atom stereocenters. The van der Waals surface area contributed by atoms with E-state index in [4.69, 9.17) is 9.47 Å². The van der Waals surface area contributed by atoms with Crippen LogP contribution in [0.4, 0.5) is 5.13 Å². The van der Waals surface area contributed by atoms with E-state index in [2.05, 4.69) is 11.6 Å². The summed E-state index contributed by atoms with van der Waals surface area (Å²) in [5, 5.41) is 11.5. The van der Waals surface area contributed by atoms with Gasteiger partial charge in [0.1, 0.15) is 23.0 Å². The molecule has 196 valence electrons. The Morgan fingerprint density at radius 2 is 1.89 bits per heavy atom. The third kappa shape index (κ3) is 4.84. The first kappa shape index (κ1) is 26.8. The van der Waals surface area contributed by atoms with E-state index in [0.717, 1.165) is 28.9 Å². The smallest absolute Gasteiger partial charge is 0.350 e. The first-order valence-electron chi connectivity index (χ1n) is 12.0. The Morgan fingerprint density at radius 1 is 1.18 bits per heavy atom. The molecule has 0 bridgehead atoms. The number of aliphatic hydroxyl groups is 1. The summed E-state index contributed by atoms with van der Waals surface area (Å²) in [7, 11) is 1.55. The number of aromatic nitrogens is 1. The highest BCUT2D eigenvalue weighted by molar-refractivity contribution is 7.17. The predicted octanol–water partition coefficient (Wildman–Crippen LogP) is 5.30. The van der Waals surface area contributed by atoms with Crippen LogP contribution in [-0.2, 0) is 20.7 Å². The zero-order valence-corrected chi connectivity index (χ0v) is 22.4. The first-order chi connectivity index (χ1) is 18.2. The van der Waals surface area contributed by atoms with Crippen LogP contribution in [0.15, 0.2) is 60.7 Å². The van der Waals surface area contributed by atoms with Crippen molar-refractivity contribution in [2.24, 2.45) is 0 Å². The third-order valence-electron chi connectivity index (χ3n) is 6.33. The number of thiazole rings is 1. The summed E-state index contributed by atoms with van der Waals surface area (Å²) in [5.41, 5.74) is 3.14. The van der Waals surface area contributed by atoms with E-state index in [1.165, 1.54) is 11.0 Å². The number of ketones is 1. The fourth-order valence-corrected chi connectivity index (χ4v) is 5.32. The van der Waals surface area contributed by atoms with Gasteiger partial charge < -0.3 is 14.6 Å². The van der Waals surface area contributed by atoms with Gasteiger partial charge in [-0.25, -0.2) is 9.78 Å². The molecule has 0 unspecified atom stereocenters. The lowest BCUT2D eigenvalue weighted by molar-refractivity contribution is -0.132. The summed E-state index contributed by atoms with van der Waals surface area (Å²) < 4.78 is 10.5. The molecule has 3 aromatic rings. The van der Waals surface area contributed by atoms with Gasteiger partial charge in [0.15, 0.2) is 5.13 Å².